The van der Waals surface area contributed by atoms with Crippen LogP contribution < -0.4 is 10.6 Å². The van der Waals surface area contributed by atoms with Gasteiger partial charge in [-0.25, -0.2) is 4.79 Å². The highest BCUT2D eigenvalue weighted by Crippen LogP contribution is 1.85. The number of ether oxygens (including phenoxy) is 2. The maximum atomic E-state index is 11.4. The fourth-order valence-corrected chi connectivity index (χ4v) is 0.947. The van der Waals surface area contributed by atoms with Crippen LogP contribution in [-0.4, -0.2) is 50.7 Å². The molecule has 0 bridgehead atoms. The summed E-state index contributed by atoms with van der Waals surface area (Å²) in [4.78, 5) is 33.6. The molecule has 0 aliphatic rings. The van der Waals surface area contributed by atoms with E-state index in [-0.39, 0.29) is 12.5 Å². The lowest BCUT2D eigenvalue weighted by molar-refractivity contribution is -0.155. The number of rotatable bonds is 6. The first-order valence-corrected chi connectivity index (χ1v) is 5.27. The molecule has 0 aromatic heterocycles. The van der Waals surface area contributed by atoms with Crippen molar-refractivity contribution < 1.29 is 23.9 Å². The summed E-state index contributed by atoms with van der Waals surface area (Å²) in [5.41, 5.74) is 0. The highest BCUT2D eigenvalue weighted by molar-refractivity contribution is 6.32. The normalized spacial score (nSPS) is 11.5. The van der Waals surface area contributed by atoms with Crippen LogP contribution in [0.2, 0.25) is 0 Å². The van der Waals surface area contributed by atoms with Crippen molar-refractivity contribution in [2.45, 2.75) is 19.9 Å². The smallest absolute Gasteiger partial charge is 0.396 e. The van der Waals surface area contributed by atoms with E-state index in [4.69, 9.17) is 4.74 Å². The van der Waals surface area contributed by atoms with E-state index in [1.54, 1.807) is 6.92 Å². The lowest BCUT2D eigenvalue weighted by atomic mass is 10.3. The Kier molecular flexibility index (Phi) is 7.70. The van der Waals surface area contributed by atoms with E-state index in [0.29, 0.717) is 13.2 Å². The van der Waals surface area contributed by atoms with Gasteiger partial charge in [0, 0.05) is 13.7 Å². The monoisotopic (exact) mass is 246 g/mol. The van der Waals surface area contributed by atoms with Gasteiger partial charge in [0.05, 0.1) is 13.2 Å². The topological polar surface area (TPSA) is 93.7 Å². The summed E-state index contributed by atoms with van der Waals surface area (Å²) >= 11 is 0. The highest BCUT2D eigenvalue weighted by Gasteiger charge is 2.20. The molecule has 17 heavy (non-hydrogen) atoms. The van der Waals surface area contributed by atoms with Crippen LogP contribution in [0.5, 0.6) is 0 Å². The summed E-state index contributed by atoms with van der Waals surface area (Å²) in [5.74, 6) is -2.31. The van der Waals surface area contributed by atoms with Crippen LogP contribution in [0.4, 0.5) is 0 Å². The standard InChI is InChI=1S/C10H18N2O5/c1-4-17-10(15)9(14)12-7(2)8(13)11-5-6-16-3/h7H,4-6H2,1-3H3,(H,11,13)(H,12,14). The highest BCUT2D eigenvalue weighted by atomic mass is 16.5. The second-order valence-electron chi connectivity index (χ2n) is 3.20. The zero-order chi connectivity index (χ0) is 13.3. The molecule has 0 aromatic rings. The molecule has 1 atom stereocenters. The van der Waals surface area contributed by atoms with E-state index < -0.39 is 17.9 Å². The van der Waals surface area contributed by atoms with Crippen molar-refractivity contribution in [3.8, 4) is 0 Å². The van der Waals surface area contributed by atoms with Crippen LogP contribution in [0.15, 0.2) is 0 Å². The van der Waals surface area contributed by atoms with Gasteiger partial charge in [-0.05, 0) is 13.8 Å². The largest absolute Gasteiger partial charge is 0.459 e. The first-order valence-electron chi connectivity index (χ1n) is 5.27. The lowest BCUT2D eigenvalue weighted by Gasteiger charge is -2.13. The van der Waals surface area contributed by atoms with Crippen molar-refractivity contribution in [2.75, 3.05) is 26.9 Å². The zero-order valence-corrected chi connectivity index (χ0v) is 10.2. The molecule has 0 saturated carbocycles. The van der Waals surface area contributed by atoms with Crippen LogP contribution in [0, 0.1) is 0 Å². The molecule has 2 amide bonds. The van der Waals surface area contributed by atoms with Gasteiger partial charge in [-0.15, -0.1) is 0 Å². The predicted octanol–water partition coefficient (Wildman–Crippen LogP) is -1.18. The molecule has 0 aliphatic heterocycles. The molecule has 98 valence electrons. The summed E-state index contributed by atoms with van der Waals surface area (Å²) in [6.07, 6.45) is 0. The molecule has 0 aliphatic carbocycles. The van der Waals surface area contributed by atoms with Crippen molar-refractivity contribution in [3.05, 3.63) is 0 Å². The predicted molar refractivity (Wildman–Crippen MR) is 59.1 cm³/mol. The molecule has 0 fully saturated rings. The van der Waals surface area contributed by atoms with Crippen LogP contribution in [0.3, 0.4) is 0 Å². The van der Waals surface area contributed by atoms with E-state index in [2.05, 4.69) is 15.4 Å². The van der Waals surface area contributed by atoms with Gasteiger partial charge in [-0.3, -0.25) is 9.59 Å². The number of methoxy groups -OCH3 is 1. The molecule has 0 saturated heterocycles. The third-order valence-electron chi connectivity index (χ3n) is 1.81. The van der Waals surface area contributed by atoms with Crippen molar-refractivity contribution >= 4 is 17.8 Å². The van der Waals surface area contributed by atoms with E-state index in [9.17, 15) is 14.4 Å². The van der Waals surface area contributed by atoms with Crippen LogP contribution >= 0.6 is 0 Å². The number of nitrogens with one attached hydrogen (secondary N) is 2. The Morgan fingerprint density at radius 3 is 2.47 bits per heavy atom. The Bertz CT molecular complexity index is 280. The SMILES string of the molecule is CCOC(=O)C(=O)NC(C)C(=O)NCCOC. The maximum absolute atomic E-state index is 11.4. The molecule has 2 N–H and O–H groups in total. The molecule has 0 rings (SSSR count). The number of hydrogen-bond donors (Lipinski definition) is 2. The van der Waals surface area contributed by atoms with Gasteiger partial charge >= 0.3 is 11.9 Å². The molecule has 7 nitrogen and oxygen atoms in total. The molecule has 0 spiro atoms. The third-order valence-corrected chi connectivity index (χ3v) is 1.81. The minimum atomic E-state index is -0.996. The maximum Gasteiger partial charge on any atom is 0.396 e. The Balaban J connectivity index is 3.98. The van der Waals surface area contributed by atoms with Crippen molar-refractivity contribution in [1.82, 2.24) is 10.6 Å². The zero-order valence-electron chi connectivity index (χ0n) is 10.2. The fraction of sp³-hybridized carbons (Fsp3) is 0.700. The van der Waals surface area contributed by atoms with Gasteiger partial charge in [-0.2, -0.15) is 0 Å². The lowest BCUT2D eigenvalue weighted by Crippen LogP contribution is -2.47. The van der Waals surface area contributed by atoms with Crippen molar-refractivity contribution in [2.24, 2.45) is 0 Å². The first-order chi connectivity index (χ1) is 8.02. The Morgan fingerprint density at radius 2 is 1.94 bits per heavy atom. The van der Waals surface area contributed by atoms with Gasteiger partial charge in [0.25, 0.3) is 0 Å². The van der Waals surface area contributed by atoms with Crippen molar-refractivity contribution in [3.63, 3.8) is 0 Å². The van der Waals surface area contributed by atoms with Crippen LogP contribution in [-0.2, 0) is 23.9 Å². The number of hydrogen-bond acceptors (Lipinski definition) is 5. The average molecular weight is 246 g/mol. The van der Waals surface area contributed by atoms with Crippen molar-refractivity contribution in [1.29, 1.82) is 0 Å². The average Bonchev–Trinajstić information content (AvgIpc) is 2.29. The number of esters is 1. The minimum Gasteiger partial charge on any atom is -0.459 e. The molecule has 7 heteroatoms. The van der Waals surface area contributed by atoms with E-state index in [1.807, 2.05) is 0 Å². The van der Waals surface area contributed by atoms with E-state index in [1.165, 1.54) is 14.0 Å². The Hall–Kier alpha value is -1.63. The van der Waals surface area contributed by atoms with E-state index >= 15 is 0 Å². The second-order valence-corrected chi connectivity index (χ2v) is 3.20. The minimum absolute atomic E-state index is 0.112. The van der Waals surface area contributed by atoms with Crippen LogP contribution in [0.25, 0.3) is 0 Å². The summed E-state index contributed by atoms with van der Waals surface area (Å²) in [6.45, 7) is 3.89. The quantitative estimate of drug-likeness (QED) is 0.349. The molecule has 0 aromatic carbocycles. The Labute approximate surface area is 99.8 Å². The van der Waals surface area contributed by atoms with Gasteiger partial charge in [0.1, 0.15) is 6.04 Å². The molecular weight excluding hydrogens is 228 g/mol. The number of carbonyl (C=O) groups excluding carboxylic acids is 3. The van der Waals surface area contributed by atoms with Gasteiger partial charge in [0.2, 0.25) is 5.91 Å². The Morgan fingerprint density at radius 1 is 1.29 bits per heavy atom. The van der Waals surface area contributed by atoms with Crippen LogP contribution in [0.1, 0.15) is 13.8 Å². The summed E-state index contributed by atoms with van der Waals surface area (Å²) in [5, 5.41) is 4.75. The second kappa shape index (κ2) is 8.51. The molecule has 1 unspecified atom stereocenters. The van der Waals surface area contributed by atoms with Gasteiger partial charge in [-0.1, -0.05) is 0 Å². The fourth-order valence-electron chi connectivity index (χ4n) is 0.947. The number of amides is 2. The molecule has 0 heterocycles. The number of carbonyl (C=O) groups is 3. The summed E-state index contributed by atoms with van der Waals surface area (Å²) in [6, 6.07) is -0.802. The third kappa shape index (κ3) is 6.52. The van der Waals surface area contributed by atoms with Gasteiger partial charge < -0.3 is 20.1 Å². The summed E-state index contributed by atoms with van der Waals surface area (Å²) < 4.78 is 9.23. The van der Waals surface area contributed by atoms with Gasteiger partial charge in [0.15, 0.2) is 0 Å². The molecule has 0 radical (unpaired) electrons. The van der Waals surface area contributed by atoms with E-state index in [0.717, 1.165) is 0 Å². The first kappa shape index (κ1) is 15.4. The molecular formula is C10H18N2O5. The summed E-state index contributed by atoms with van der Waals surface area (Å²) in [7, 11) is 1.51.